The Bertz CT molecular complexity index is 1700. The number of fused-ring (bicyclic) bond motifs is 1. The van der Waals surface area contributed by atoms with Gasteiger partial charge >= 0.3 is 0 Å². The normalized spacial score (nSPS) is 20.6. The summed E-state index contributed by atoms with van der Waals surface area (Å²) in [6.07, 6.45) is 31.1. The molecule has 2 fully saturated rings. The third-order valence-electron chi connectivity index (χ3n) is 15.4. The molecule has 0 spiro atoms. The van der Waals surface area contributed by atoms with Crippen LogP contribution >= 0.6 is 0 Å². The molecule has 3 unspecified atom stereocenters. The fraction of sp³-hybridized carbons (Fsp3) is 0.806. The first-order chi connectivity index (χ1) is 38.3. The van der Waals surface area contributed by atoms with Gasteiger partial charge < -0.3 is 47.9 Å². The molecule has 448 valence electrons. The Morgan fingerprint density at radius 3 is 1.71 bits per heavy atom. The van der Waals surface area contributed by atoms with Crippen LogP contribution in [0.25, 0.3) is 0 Å². The molecule has 2 aliphatic rings. The molecule has 0 aliphatic carbocycles. The highest BCUT2D eigenvalue weighted by Gasteiger charge is 2.52. The van der Waals surface area contributed by atoms with Gasteiger partial charge in [-0.05, 0) is 82.9 Å². The van der Waals surface area contributed by atoms with Crippen molar-refractivity contribution in [3.05, 3.63) is 65.7 Å². The van der Waals surface area contributed by atoms with E-state index in [1.54, 1.807) is 0 Å². The fourth-order valence-corrected chi connectivity index (χ4v) is 10.7. The summed E-state index contributed by atoms with van der Waals surface area (Å²) >= 11 is 0. The maximum Gasteiger partial charge on any atom is 0.220 e. The summed E-state index contributed by atoms with van der Waals surface area (Å²) in [5.74, 6) is 0.967. The maximum absolute atomic E-state index is 14.3. The highest BCUT2D eigenvalue weighted by Crippen LogP contribution is 2.37. The van der Waals surface area contributed by atoms with Crippen LogP contribution in [0.3, 0.4) is 0 Å². The second kappa shape index (κ2) is 44.0. The van der Waals surface area contributed by atoms with Gasteiger partial charge in [-0.3, -0.25) is 4.79 Å². The predicted molar refractivity (Wildman–Crippen MR) is 318 cm³/mol. The summed E-state index contributed by atoms with van der Waals surface area (Å²) in [5.41, 5.74) is 2.33. The molecule has 2 aliphatic heterocycles. The first-order valence-electron chi connectivity index (χ1n) is 32.4. The summed E-state index contributed by atoms with van der Waals surface area (Å²) in [7, 11) is 0. The molecule has 0 aromatic heterocycles. The highest BCUT2D eigenvalue weighted by atomic mass is 16.8. The van der Waals surface area contributed by atoms with E-state index in [0.29, 0.717) is 39.5 Å². The second-order valence-corrected chi connectivity index (χ2v) is 22.9. The van der Waals surface area contributed by atoms with E-state index >= 15 is 0 Å². The van der Waals surface area contributed by atoms with E-state index in [1.165, 1.54) is 102 Å². The third kappa shape index (κ3) is 28.4. The van der Waals surface area contributed by atoms with E-state index < -0.39 is 49.1 Å². The van der Waals surface area contributed by atoms with Crippen molar-refractivity contribution < 1.29 is 47.4 Å². The average Bonchev–Trinajstić information content (AvgIpc) is 3.49. The topological polar surface area (TPSA) is 112 Å². The Hall–Kier alpha value is -2.61. The van der Waals surface area contributed by atoms with Gasteiger partial charge in [-0.2, -0.15) is 0 Å². The zero-order valence-corrected chi connectivity index (χ0v) is 50.7. The van der Waals surface area contributed by atoms with Gasteiger partial charge in [0.15, 0.2) is 12.6 Å². The van der Waals surface area contributed by atoms with Gasteiger partial charge in [0.05, 0.1) is 31.5 Å². The number of benzene rings is 2. The monoisotopic (exact) mass is 1090 g/mol. The zero-order chi connectivity index (χ0) is 55.7. The van der Waals surface area contributed by atoms with Crippen LogP contribution in [-0.4, -0.2) is 101 Å². The number of carbonyl (C=O) groups is 1. The first-order valence-corrected chi connectivity index (χ1v) is 32.4. The summed E-state index contributed by atoms with van der Waals surface area (Å²) in [6.45, 7) is 18.0. The van der Waals surface area contributed by atoms with E-state index in [0.717, 1.165) is 108 Å². The molecule has 2 saturated heterocycles. The Balaban J connectivity index is 1.46. The van der Waals surface area contributed by atoms with Crippen molar-refractivity contribution >= 4 is 5.91 Å². The van der Waals surface area contributed by atoms with E-state index in [2.05, 4.69) is 78.0 Å². The lowest BCUT2D eigenvalue weighted by Gasteiger charge is -2.49. The molecular formula is C67H115NO10. The van der Waals surface area contributed by atoms with Crippen LogP contribution in [0.4, 0.5) is 0 Å². The van der Waals surface area contributed by atoms with Gasteiger partial charge in [0, 0.05) is 38.4 Å². The van der Waals surface area contributed by atoms with Crippen LogP contribution in [-0.2, 0) is 49.1 Å². The molecule has 11 nitrogen and oxygen atoms in total. The van der Waals surface area contributed by atoms with E-state index in [1.807, 2.05) is 30.3 Å². The standard InChI is InChI=1S/C67H115NO10/c1-8-13-18-19-20-21-22-23-24-28-31-37-42-59(70-48-14-9-2)62(71-49-15-10-3)58(68-61(69)43-38-32-29-26-25-27-30-34-39-55-44-46-57(47-45-55)76-54(6)7)52-74-67-65(73-51-17-12-5)64(72-50-16-11-4)63-60(77-67)53-75-66(78-63)56-40-35-33-36-41-56/h33,35-36,40-41,44-47,54,58-60,62-67H,8-32,34,37-39,42-43,48-53H2,1-7H3,(H,68,69)/t58-,59+,60?,62-,63-,64-,65?,66?,67-/m0/s1. The van der Waals surface area contributed by atoms with Crippen molar-refractivity contribution in [3.8, 4) is 5.75 Å². The largest absolute Gasteiger partial charge is 0.491 e. The lowest BCUT2D eigenvalue weighted by atomic mass is 9.96. The van der Waals surface area contributed by atoms with Gasteiger partial charge in [-0.15, -0.1) is 0 Å². The molecule has 78 heavy (non-hydrogen) atoms. The fourth-order valence-electron chi connectivity index (χ4n) is 10.7. The molecule has 0 bridgehead atoms. The van der Waals surface area contributed by atoms with Crippen molar-refractivity contribution in [2.45, 2.75) is 309 Å². The van der Waals surface area contributed by atoms with Crippen molar-refractivity contribution in [3.63, 3.8) is 0 Å². The number of nitrogens with one attached hydrogen (secondary N) is 1. The molecule has 1 amide bonds. The van der Waals surface area contributed by atoms with Crippen LogP contribution < -0.4 is 10.1 Å². The van der Waals surface area contributed by atoms with Gasteiger partial charge in [0.25, 0.3) is 0 Å². The Kier molecular flexibility index (Phi) is 38.3. The minimum Gasteiger partial charge on any atom is -0.491 e. The third-order valence-corrected chi connectivity index (χ3v) is 15.4. The predicted octanol–water partition coefficient (Wildman–Crippen LogP) is 16.7. The summed E-state index contributed by atoms with van der Waals surface area (Å²) in [4.78, 5) is 14.3. The van der Waals surface area contributed by atoms with Crippen molar-refractivity contribution in [2.75, 3.05) is 39.6 Å². The average molecular weight is 1090 g/mol. The minimum atomic E-state index is -0.794. The van der Waals surface area contributed by atoms with Gasteiger partial charge in [-0.25, -0.2) is 0 Å². The molecule has 4 rings (SSSR count). The van der Waals surface area contributed by atoms with Crippen molar-refractivity contribution in [1.82, 2.24) is 5.32 Å². The molecule has 11 heteroatoms. The molecule has 2 heterocycles. The number of amides is 1. The van der Waals surface area contributed by atoms with E-state index in [9.17, 15) is 4.79 Å². The summed E-state index contributed by atoms with van der Waals surface area (Å²) in [6, 6.07) is 18.2. The summed E-state index contributed by atoms with van der Waals surface area (Å²) < 4.78 is 60.2. The van der Waals surface area contributed by atoms with Crippen molar-refractivity contribution in [1.29, 1.82) is 0 Å². The van der Waals surface area contributed by atoms with Gasteiger partial charge in [-0.1, -0.05) is 218 Å². The van der Waals surface area contributed by atoms with Crippen LogP contribution in [0.2, 0.25) is 0 Å². The van der Waals surface area contributed by atoms with Crippen LogP contribution in [0.15, 0.2) is 54.6 Å². The van der Waals surface area contributed by atoms with Gasteiger partial charge in [0.1, 0.15) is 36.3 Å². The number of ether oxygens (including phenoxy) is 9. The number of rotatable bonds is 49. The molecule has 0 radical (unpaired) electrons. The number of unbranched alkanes of at least 4 members (excludes halogenated alkanes) is 22. The molecule has 1 N–H and O–H groups in total. The number of carbonyl (C=O) groups excluding carboxylic acids is 1. The maximum atomic E-state index is 14.3. The van der Waals surface area contributed by atoms with Crippen LogP contribution in [0, 0.1) is 0 Å². The Morgan fingerprint density at radius 1 is 0.564 bits per heavy atom. The minimum absolute atomic E-state index is 0.0244. The molecule has 2 aromatic rings. The quantitative estimate of drug-likeness (QED) is 0.0643. The molecule has 2 aromatic carbocycles. The summed E-state index contributed by atoms with van der Waals surface area (Å²) in [5, 5.41) is 3.50. The van der Waals surface area contributed by atoms with Crippen molar-refractivity contribution in [2.24, 2.45) is 0 Å². The molecular weight excluding hydrogens is 979 g/mol. The SMILES string of the molecule is CCCCCCCCCCCCCC[C@@H](OCCCC)[C@@H](OCCCC)[C@H](CO[C@H]1OC2COC(c3ccccc3)O[C@@H]2[C@H](OCCCC)C1OCCCC)NC(=O)CCCCCCCCCCc1ccc(OC(C)C)cc1. The zero-order valence-electron chi connectivity index (χ0n) is 50.7. The molecule has 0 saturated carbocycles. The lowest BCUT2D eigenvalue weighted by molar-refractivity contribution is -0.371. The Morgan fingerprint density at radius 2 is 1.10 bits per heavy atom. The highest BCUT2D eigenvalue weighted by molar-refractivity contribution is 5.76. The van der Waals surface area contributed by atoms with Crippen LogP contribution in [0.1, 0.15) is 259 Å². The first kappa shape index (κ1) is 67.9. The van der Waals surface area contributed by atoms with E-state index in [4.69, 9.17) is 42.6 Å². The van der Waals surface area contributed by atoms with Crippen LogP contribution in [0.5, 0.6) is 5.75 Å². The van der Waals surface area contributed by atoms with E-state index in [-0.39, 0.29) is 24.7 Å². The lowest BCUT2D eigenvalue weighted by Crippen LogP contribution is -2.64. The number of hydrogen-bond acceptors (Lipinski definition) is 10. The smallest absolute Gasteiger partial charge is 0.220 e. The number of aryl methyl sites for hydroxylation is 1. The second-order valence-electron chi connectivity index (χ2n) is 22.9. The molecule has 9 atom stereocenters. The van der Waals surface area contributed by atoms with Gasteiger partial charge in [0.2, 0.25) is 5.91 Å². The number of hydrogen-bond donors (Lipinski definition) is 1. The Labute approximate surface area is 476 Å².